The third-order valence-electron chi connectivity index (χ3n) is 5.76. The fourth-order valence-electron chi connectivity index (χ4n) is 3.97. The van der Waals surface area contributed by atoms with Crippen LogP contribution in [0.15, 0.2) is 66.7 Å². The molecule has 1 aliphatic heterocycles. The summed E-state index contributed by atoms with van der Waals surface area (Å²) in [4.78, 5) is 23.3. The van der Waals surface area contributed by atoms with Gasteiger partial charge in [0.25, 0.3) is 16.1 Å². The summed E-state index contributed by atoms with van der Waals surface area (Å²) in [6, 6.07) is 19.9. The van der Waals surface area contributed by atoms with Crippen LogP contribution in [0.5, 0.6) is 17.2 Å². The number of hydrogen-bond donors (Lipinski definition) is 1. The SMILES string of the molecule is CCCc1cc(Oc2ccc(Cl)cc2)ccc1OCCCCc1cccc(C2(F)SC(=O)NC2=O)c1. The molecule has 1 N–H and O–H groups in total. The second-order valence-corrected chi connectivity index (χ2v) is 10.1. The van der Waals surface area contributed by atoms with Crippen LogP contribution in [0.1, 0.15) is 42.9 Å². The molecule has 188 valence electrons. The highest BCUT2D eigenvalue weighted by molar-refractivity contribution is 8.15. The average Bonchev–Trinajstić information content (AvgIpc) is 3.14. The van der Waals surface area contributed by atoms with Crippen LogP contribution in [0.3, 0.4) is 0 Å². The van der Waals surface area contributed by atoms with E-state index in [0.29, 0.717) is 29.8 Å². The third kappa shape index (κ3) is 6.39. The van der Waals surface area contributed by atoms with Gasteiger partial charge >= 0.3 is 0 Å². The molecule has 0 spiro atoms. The Hall–Kier alpha value is -3.03. The first-order valence-electron chi connectivity index (χ1n) is 11.9. The lowest BCUT2D eigenvalue weighted by Crippen LogP contribution is -2.30. The number of imide groups is 1. The zero-order valence-electron chi connectivity index (χ0n) is 19.9. The van der Waals surface area contributed by atoms with Gasteiger partial charge in [0, 0.05) is 10.6 Å². The first-order chi connectivity index (χ1) is 17.4. The highest BCUT2D eigenvalue weighted by atomic mass is 35.5. The van der Waals surface area contributed by atoms with Gasteiger partial charge in [-0.25, -0.2) is 4.39 Å². The molecule has 3 aromatic carbocycles. The molecule has 1 saturated heterocycles. The number of benzene rings is 3. The van der Waals surface area contributed by atoms with Crippen molar-refractivity contribution in [2.24, 2.45) is 0 Å². The Labute approximate surface area is 219 Å². The molecule has 0 aromatic heterocycles. The molecule has 8 heteroatoms. The molecule has 0 aliphatic carbocycles. The molecule has 4 rings (SSSR count). The maximum atomic E-state index is 15.1. The molecule has 1 heterocycles. The summed E-state index contributed by atoms with van der Waals surface area (Å²) >= 11 is 6.32. The highest BCUT2D eigenvalue weighted by Gasteiger charge is 2.50. The Morgan fingerprint density at radius 3 is 2.47 bits per heavy atom. The summed E-state index contributed by atoms with van der Waals surface area (Å²) in [5, 5.41) is -0.362. The van der Waals surface area contributed by atoms with Crippen molar-refractivity contribution in [1.82, 2.24) is 5.32 Å². The van der Waals surface area contributed by atoms with Crippen LogP contribution in [-0.4, -0.2) is 17.8 Å². The number of carbonyl (C=O) groups excluding carboxylic acids is 2. The number of amides is 2. The summed E-state index contributed by atoms with van der Waals surface area (Å²) in [6.07, 6.45) is 4.21. The van der Waals surface area contributed by atoms with Gasteiger partial charge < -0.3 is 9.47 Å². The van der Waals surface area contributed by atoms with Gasteiger partial charge in [-0.3, -0.25) is 14.9 Å². The zero-order valence-corrected chi connectivity index (χ0v) is 21.5. The van der Waals surface area contributed by atoms with Gasteiger partial charge in [0.1, 0.15) is 17.2 Å². The van der Waals surface area contributed by atoms with Gasteiger partial charge in [-0.05, 0) is 91.0 Å². The van der Waals surface area contributed by atoms with Gasteiger partial charge in [0.2, 0.25) is 0 Å². The molecule has 3 aromatic rings. The van der Waals surface area contributed by atoms with Gasteiger partial charge in [-0.1, -0.05) is 49.2 Å². The van der Waals surface area contributed by atoms with Crippen molar-refractivity contribution in [3.05, 3.63) is 88.4 Å². The molecule has 0 bridgehead atoms. The van der Waals surface area contributed by atoms with Crippen molar-refractivity contribution in [2.75, 3.05) is 6.61 Å². The van der Waals surface area contributed by atoms with E-state index in [1.165, 1.54) is 6.07 Å². The molecule has 1 atom stereocenters. The lowest BCUT2D eigenvalue weighted by Gasteiger charge is -2.16. The first-order valence-corrected chi connectivity index (χ1v) is 13.1. The van der Waals surface area contributed by atoms with E-state index < -0.39 is 16.1 Å². The monoisotopic (exact) mass is 527 g/mol. The average molecular weight is 528 g/mol. The number of aryl methyl sites for hydroxylation is 2. The number of unbranched alkanes of at least 4 members (excludes halogenated alkanes) is 1. The van der Waals surface area contributed by atoms with E-state index in [1.54, 1.807) is 24.3 Å². The van der Waals surface area contributed by atoms with Gasteiger partial charge in [0.15, 0.2) is 0 Å². The van der Waals surface area contributed by atoms with E-state index in [2.05, 4.69) is 6.92 Å². The second-order valence-electron chi connectivity index (χ2n) is 8.52. The van der Waals surface area contributed by atoms with Gasteiger partial charge in [-0.2, -0.15) is 0 Å². The standard InChI is InChI=1S/C28H27ClFNO4S/c1-2-6-20-18-24(35-23-12-10-22(29)11-13-23)14-15-25(20)34-16-4-3-7-19-8-5-9-21(17-19)28(30)26(32)31-27(33)36-28/h5,8-15,17-18H,2-4,6-7,16H2,1H3,(H,31,32,33). The van der Waals surface area contributed by atoms with Crippen LogP contribution < -0.4 is 14.8 Å². The summed E-state index contributed by atoms with van der Waals surface area (Å²) in [5.41, 5.74) is 2.19. The molecule has 36 heavy (non-hydrogen) atoms. The number of alkyl halides is 1. The minimum atomic E-state index is -2.37. The maximum absolute atomic E-state index is 15.1. The van der Waals surface area contributed by atoms with Crippen LogP contribution >= 0.6 is 23.4 Å². The lowest BCUT2D eigenvalue weighted by molar-refractivity contribution is -0.126. The van der Waals surface area contributed by atoms with E-state index in [0.717, 1.165) is 54.1 Å². The Morgan fingerprint density at radius 2 is 1.75 bits per heavy atom. The lowest BCUT2D eigenvalue weighted by atomic mass is 10.0. The molecular weight excluding hydrogens is 501 g/mol. The number of nitrogens with one attached hydrogen (secondary N) is 1. The fraction of sp³-hybridized carbons (Fsp3) is 0.286. The topological polar surface area (TPSA) is 64.6 Å². The minimum absolute atomic E-state index is 0.190. The number of rotatable bonds is 11. The molecule has 1 unspecified atom stereocenters. The molecule has 5 nitrogen and oxygen atoms in total. The number of halogens is 2. The molecule has 0 radical (unpaired) electrons. The van der Waals surface area contributed by atoms with E-state index in [1.807, 2.05) is 41.7 Å². The summed E-state index contributed by atoms with van der Waals surface area (Å²) < 4.78 is 27.1. The first kappa shape index (κ1) is 26.0. The van der Waals surface area contributed by atoms with Crippen molar-refractivity contribution in [2.45, 2.75) is 44.0 Å². The summed E-state index contributed by atoms with van der Waals surface area (Å²) in [6.45, 7) is 2.67. The van der Waals surface area contributed by atoms with Crippen LogP contribution in [0.4, 0.5) is 9.18 Å². The Kier molecular flexibility index (Phi) is 8.54. The molecule has 2 amide bonds. The van der Waals surface area contributed by atoms with E-state index in [9.17, 15) is 9.59 Å². The van der Waals surface area contributed by atoms with Crippen molar-refractivity contribution in [3.8, 4) is 17.2 Å². The predicted octanol–water partition coefficient (Wildman–Crippen LogP) is 7.59. The molecule has 0 saturated carbocycles. The molecule has 1 aliphatic rings. The summed E-state index contributed by atoms with van der Waals surface area (Å²) in [5.74, 6) is 1.39. The molecular formula is C28H27ClFNO4S. The number of carbonyl (C=O) groups is 2. The third-order valence-corrected chi connectivity index (χ3v) is 7.00. The van der Waals surface area contributed by atoms with E-state index >= 15 is 4.39 Å². The van der Waals surface area contributed by atoms with Crippen molar-refractivity contribution >= 4 is 34.5 Å². The Bertz CT molecular complexity index is 1240. The fourth-order valence-corrected chi connectivity index (χ4v) is 4.88. The summed E-state index contributed by atoms with van der Waals surface area (Å²) in [7, 11) is 0. The van der Waals surface area contributed by atoms with Crippen molar-refractivity contribution in [1.29, 1.82) is 0 Å². The van der Waals surface area contributed by atoms with Crippen LogP contribution in [0.2, 0.25) is 5.02 Å². The van der Waals surface area contributed by atoms with Crippen molar-refractivity contribution < 1.29 is 23.5 Å². The van der Waals surface area contributed by atoms with Crippen molar-refractivity contribution in [3.63, 3.8) is 0 Å². The second kappa shape index (κ2) is 11.8. The number of hydrogen-bond acceptors (Lipinski definition) is 5. The van der Waals surface area contributed by atoms with E-state index in [4.69, 9.17) is 21.1 Å². The largest absolute Gasteiger partial charge is 0.493 e. The van der Waals surface area contributed by atoms with E-state index in [-0.39, 0.29) is 5.56 Å². The minimum Gasteiger partial charge on any atom is -0.493 e. The predicted molar refractivity (Wildman–Crippen MR) is 141 cm³/mol. The number of ether oxygens (including phenoxy) is 2. The highest BCUT2D eigenvalue weighted by Crippen LogP contribution is 2.43. The Morgan fingerprint density at radius 1 is 0.972 bits per heavy atom. The quantitative estimate of drug-likeness (QED) is 0.260. The Balaban J connectivity index is 1.30. The smallest absolute Gasteiger partial charge is 0.289 e. The number of thioether (sulfide) groups is 1. The normalized spacial score (nSPS) is 17.2. The van der Waals surface area contributed by atoms with Gasteiger partial charge in [-0.15, -0.1) is 0 Å². The zero-order chi connectivity index (χ0) is 25.5. The van der Waals surface area contributed by atoms with Crippen LogP contribution in [-0.2, 0) is 22.6 Å². The van der Waals surface area contributed by atoms with Gasteiger partial charge in [0.05, 0.1) is 6.61 Å². The maximum Gasteiger partial charge on any atom is 0.289 e. The van der Waals surface area contributed by atoms with Crippen LogP contribution in [0, 0.1) is 0 Å². The van der Waals surface area contributed by atoms with Crippen LogP contribution in [0.25, 0.3) is 0 Å². The molecule has 1 fully saturated rings.